The van der Waals surface area contributed by atoms with E-state index in [4.69, 9.17) is 0 Å². The van der Waals surface area contributed by atoms with Crippen LogP contribution in [0.1, 0.15) is 108 Å². The molecule has 0 nitrogen and oxygen atoms in total. The molecule has 0 aliphatic heterocycles. The third-order valence-corrected chi connectivity index (χ3v) is 23.3. The molecule has 14 aromatic carbocycles. The van der Waals surface area contributed by atoms with Gasteiger partial charge in [0.1, 0.15) is 0 Å². The predicted molar refractivity (Wildman–Crippen MR) is 521 cm³/mol. The van der Waals surface area contributed by atoms with Gasteiger partial charge in [-0.3, -0.25) is 0 Å². The van der Waals surface area contributed by atoms with Crippen LogP contribution >= 0.6 is 69.3 Å². The first-order valence-electron chi connectivity index (χ1n) is 39.5. The smallest absolute Gasteiger partial charge is 0.0384 e. The van der Waals surface area contributed by atoms with E-state index in [-0.39, 0.29) is 0 Å². The summed E-state index contributed by atoms with van der Waals surface area (Å²) in [7, 11) is 0. The number of thiol groups is 1. The molecule has 113 heavy (non-hydrogen) atoms. The molecule has 19 rings (SSSR count). The summed E-state index contributed by atoms with van der Waals surface area (Å²) in [5.74, 6) is 0. The number of benzene rings is 14. The Morgan fingerprint density at radius 2 is 0.549 bits per heavy atom. The SMILES string of the molecule is CC.CC.CC.CCC.CCc1ccccc1S.Cc1cccc(-c2cccc(C)c2)c1.Cc1cccc(-c2ccccc2)c1.Cc1cccc2c1sc1c(C)cccc12.Cc1cccc2c1sc1ccccc12.c1ccc(-c2ccccc2)cc1.c1ccc2c(c1)sc1ccccc12.c1ccc2sccc2c1.c1ccsc1. The molecule has 0 fully saturated rings. The molecule has 19 aromatic rings. The maximum atomic E-state index is 4.28. The monoisotopic (exact) mass is 1590 g/mol. The third kappa shape index (κ3) is 28.1. The van der Waals surface area contributed by atoms with Crippen LogP contribution in [0.5, 0.6) is 0 Å². The first-order valence-corrected chi connectivity index (χ1v) is 44.2. The molecule has 6 heteroatoms. The Morgan fingerprint density at radius 1 is 0.248 bits per heavy atom. The van der Waals surface area contributed by atoms with E-state index in [1.54, 1.807) is 22.7 Å². The molecule has 0 N–H and O–H groups in total. The van der Waals surface area contributed by atoms with Crippen LogP contribution in [0.3, 0.4) is 0 Å². The zero-order valence-corrected chi connectivity index (χ0v) is 73.7. The fraction of sp³-hybridized carbons (Fsp3) is 0.159. The molecule has 576 valence electrons. The highest BCUT2D eigenvalue weighted by Gasteiger charge is 2.09. The van der Waals surface area contributed by atoms with Gasteiger partial charge in [0.15, 0.2) is 0 Å². The summed E-state index contributed by atoms with van der Waals surface area (Å²) in [4.78, 5) is 1.10. The van der Waals surface area contributed by atoms with Crippen LogP contribution in [0.4, 0.5) is 0 Å². The Balaban J connectivity index is 0.000000175. The minimum absolute atomic E-state index is 1.07. The summed E-state index contributed by atoms with van der Waals surface area (Å²) < 4.78 is 9.80. The number of aryl methyl sites for hydroxylation is 7. The van der Waals surface area contributed by atoms with Crippen LogP contribution in [0, 0.1) is 41.5 Å². The Labute approximate surface area is 701 Å². The lowest BCUT2D eigenvalue weighted by Gasteiger charge is -2.03. The molecule has 0 saturated carbocycles. The van der Waals surface area contributed by atoms with Gasteiger partial charge < -0.3 is 0 Å². The van der Waals surface area contributed by atoms with Crippen LogP contribution in [-0.2, 0) is 6.42 Å². The predicted octanol–water partition coefficient (Wildman–Crippen LogP) is 35.8. The van der Waals surface area contributed by atoms with Gasteiger partial charge in [0.2, 0.25) is 0 Å². The molecule has 5 aromatic heterocycles. The van der Waals surface area contributed by atoms with Gasteiger partial charge in [-0.1, -0.05) is 407 Å². The van der Waals surface area contributed by atoms with Crippen molar-refractivity contribution < 1.29 is 0 Å². The average molecular weight is 1590 g/mol. The molecule has 5 heterocycles. The summed E-state index contributed by atoms with van der Waals surface area (Å²) in [6, 6.07) is 125. The highest BCUT2D eigenvalue weighted by Crippen LogP contribution is 2.38. The number of hydrogen-bond donors (Lipinski definition) is 1. The molecule has 0 saturated heterocycles. The Morgan fingerprint density at radius 3 is 0.920 bits per heavy atom. The second kappa shape index (κ2) is 50.7. The van der Waals surface area contributed by atoms with Gasteiger partial charge in [-0.15, -0.1) is 58.0 Å². The van der Waals surface area contributed by atoms with Gasteiger partial charge in [0.05, 0.1) is 0 Å². The summed E-state index contributed by atoms with van der Waals surface area (Å²) in [5.41, 5.74) is 17.1. The molecule has 0 atom stereocenters. The van der Waals surface area contributed by atoms with Crippen LogP contribution < -0.4 is 0 Å². The Kier molecular flexibility index (Phi) is 40.3. The lowest BCUT2D eigenvalue weighted by Crippen LogP contribution is -1.80. The van der Waals surface area contributed by atoms with Gasteiger partial charge in [-0.05, 0) is 162 Å². The molecule has 0 aliphatic rings. The van der Waals surface area contributed by atoms with Gasteiger partial charge in [0.25, 0.3) is 0 Å². The van der Waals surface area contributed by atoms with Crippen molar-refractivity contribution in [2.45, 2.75) is 122 Å². The van der Waals surface area contributed by atoms with Gasteiger partial charge in [0, 0.05) is 70.1 Å². The van der Waals surface area contributed by atoms with Crippen LogP contribution in [0.25, 0.3) is 104 Å². The van der Waals surface area contributed by atoms with E-state index in [9.17, 15) is 0 Å². The van der Waals surface area contributed by atoms with Crippen molar-refractivity contribution in [3.05, 3.63) is 413 Å². The van der Waals surface area contributed by atoms with Crippen molar-refractivity contribution in [3.8, 4) is 33.4 Å². The second-order valence-electron chi connectivity index (χ2n) is 25.8. The third-order valence-electron chi connectivity index (χ3n) is 17.3. The molecular formula is C107H112S6. The van der Waals surface area contributed by atoms with Crippen molar-refractivity contribution in [3.63, 3.8) is 0 Å². The number of thiophene rings is 5. The van der Waals surface area contributed by atoms with E-state index in [2.05, 4.69) is 390 Å². The van der Waals surface area contributed by atoms with Gasteiger partial charge >= 0.3 is 0 Å². The summed E-state index contributed by atoms with van der Waals surface area (Å²) in [5, 5.41) is 15.9. The van der Waals surface area contributed by atoms with Crippen molar-refractivity contribution in [2.24, 2.45) is 0 Å². The lowest BCUT2D eigenvalue weighted by atomic mass is 10.0. The van der Waals surface area contributed by atoms with Crippen LogP contribution in [0.15, 0.2) is 379 Å². The topological polar surface area (TPSA) is 0 Å². The van der Waals surface area contributed by atoms with Crippen LogP contribution in [-0.4, -0.2) is 0 Å². The maximum absolute atomic E-state index is 4.28. The molecule has 0 amide bonds. The summed E-state index contributed by atoms with van der Waals surface area (Å²) >= 11 is 13.4. The largest absolute Gasteiger partial charge is 0.152 e. The lowest BCUT2D eigenvalue weighted by molar-refractivity contribution is 1.09. The molecule has 0 aliphatic carbocycles. The highest BCUT2D eigenvalue weighted by atomic mass is 32.1. The summed E-state index contributed by atoms with van der Waals surface area (Å²) in [6.45, 7) is 31.3. The standard InChI is InChI=1S/C14H12S.C14H14.C13H10S.C13H12.C12H8S.C12H10.C8H6S.C8H10S.C4H4S.C3H8.3C2H6/c1-9-5-3-7-11-12-8-4-6-10(2)14(12)15-13(9)11;1-11-5-3-7-13(9-11)14-8-4-6-12(2)10-14;1-9-5-4-7-11-10-6-2-3-8-12(10)14-13(9)11;1-11-6-5-9-13(10-11)12-7-3-2-4-8-12;1-3-7-11-9(5-1)10-6-2-4-8-12(10)13-11;1-3-7-11(8-4-1)12-9-5-2-6-10-12;1-2-4-8-7(3-1)5-6-9-8;1-2-7-5-3-4-6-8(7)9;1-2-4-5-3-1;1-3-2;3*1-2/h3-8H,1-2H3;3-10H,1-2H3;2-8H,1H3;2-10H,1H3;1-8H;1-10H;1-6H;3-6,9H,2H2,1H3;1-4H;3H2,1-2H3;3*1-2H3. The molecular weight excluding hydrogens is 1480 g/mol. The fourth-order valence-electron chi connectivity index (χ4n) is 12.0. The van der Waals surface area contributed by atoms with Crippen molar-refractivity contribution in [2.75, 3.05) is 0 Å². The molecule has 0 spiro atoms. The zero-order chi connectivity index (χ0) is 81.0. The first-order chi connectivity index (χ1) is 55.4. The normalized spacial score (nSPS) is 9.84. The van der Waals surface area contributed by atoms with Gasteiger partial charge in [-0.2, -0.15) is 11.3 Å². The van der Waals surface area contributed by atoms with E-state index in [0.29, 0.717) is 0 Å². The van der Waals surface area contributed by atoms with Crippen molar-refractivity contribution in [1.82, 2.24) is 0 Å². The van der Waals surface area contributed by atoms with E-state index < -0.39 is 0 Å². The van der Waals surface area contributed by atoms with Gasteiger partial charge in [-0.25, -0.2) is 0 Å². The minimum Gasteiger partial charge on any atom is -0.152 e. The van der Waals surface area contributed by atoms with Crippen molar-refractivity contribution in [1.29, 1.82) is 0 Å². The zero-order valence-electron chi connectivity index (χ0n) is 68.7. The number of rotatable bonds is 4. The van der Waals surface area contributed by atoms with E-state index in [0.717, 1.165) is 11.3 Å². The fourth-order valence-corrected chi connectivity index (χ4v) is 17.1. The van der Waals surface area contributed by atoms with E-state index in [1.807, 2.05) is 135 Å². The van der Waals surface area contributed by atoms with E-state index >= 15 is 0 Å². The Bertz CT molecular complexity index is 5540. The van der Waals surface area contributed by atoms with Crippen molar-refractivity contribution >= 4 is 140 Å². The quantitative estimate of drug-likeness (QED) is 0.167. The number of hydrogen-bond acceptors (Lipinski definition) is 6. The van der Waals surface area contributed by atoms with Crippen LogP contribution in [0.2, 0.25) is 0 Å². The highest BCUT2D eigenvalue weighted by molar-refractivity contribution is 7.80. The summed E-state index contributed by atoms with van der Waals surface area (Å²) in [6.07, 6.45) is 2.32. The number of fused-ring (bicyclic) bond motifs is 10. The van der Waals surface area contributed by atoms with E-state index in [1.165, 1.54) is 149 Å². The molecule has 0 bridgehead atoms. The molecule has 0 radical (unpaired) electrons. The average Bonchev–Trinajstić information content (AvgIpc) is 1.63. The second-order valence-corrected chi connectivity index (χ2v) is 31.2. The first kappa shape index (κ1) is 89.9. The Hall–Kier alpha value is -10.3. The molecule has 0 unspecified atom stereocenters. The maximum Gasteiger partial charge on any atom is 0.0384 e. The minimum atomic E-state index is 1.07.